The molecule has 4 nitrogen and oxygen atoms in total. The Morgan fingerprint density at radius 1 is 1.08 bits per heavy atom. The minimum Gasteiger partial charge on any atom is -0.379 e. The minimum absolute atomic E-state index is 0.108. The van der Waals surface area contributed by atoms with E-state index in [1.165, 1.54) is 24.3 Å². The first kappa shape index (κ1) is 18.5. The first-order valence-electron chi connectivity index (χ1n) is 8.70. The molecule has 1 N–H and O–H groups in total. The molecule has 26 heavy (non-hydrogen) atoms. The number of hydrogen-bond acceptors (Lipinski definition) is 3. The van der Waals surface area contributed by atoms with Gasteiger partial charge < -0.3 is 10.1 Å². The molecular formula is C20H22F2N2O2. The third-order valence-electron chi connectivity index (χ3n) is 4.47. The van der Waals surface area contributed by atoms with Gasteiger partial charge in [0.25, 0.3) is 0 Å². The molecule has 0 spiro atoms. The molecule has 1 atom stereocenters. The van der Waals surface area contributed by atoms with E-state index < -0.39 is 0 Å². The van der Waals surface area contributed by atoms with Crippen molar-refractivity contribution in [2.45, 2.75) is 12.5 Å². The summed E-state index contributed by atoms with van der Waals surface area (Å²) in [7, 11) is 0. The molecule has 1 aliphatic heterocycles. The lowest BCUT2D eigenvalue weighted by Gasteiger charge is -2.35. The average Bonchev–Trinajstić information content (AvgIpc) is 2.63. The first-order valence-corrected chi connectivity index (χ1v) is 8.70. The van der Waals surface area contributed by atoms with Crippen molar-refractivity contribution in [1.82, 2.24) is 10.2 Å². The van der Waals surface area contributed by atoms with Crippen LogP contribution < -0.4 is 5.32 Å². The van der Waals surface area contributed by atoms with E-state index in [0.29, 0.717) is 25.3 Å². The molecule has 3 rings (SSSR count). The number of amides is 1. The van der Waals surface area contributed by atoms with E-state index in [9.17, 15) is 13.6 Å². The van der Waals surface area contributed by atoms with Crippen LogP contribution in [0.15, 0.2) is 48.5 Å². The minimum atomic E-state index is -0.360. The van der Waals surface area contributed by atoms with Gasteiger partial charge in [0.05, 0.1) is 25.7 Å². The van der Waals surface area contributed by atoms with Crippen LogP contribution in [-0.4, -0.2) is 43.7 Å². The molecule has 1 aliphatic rings. The highest BCUT2D eigenvalue weighted by Crippen LogP contribution is 2.22. The van der Waals surface area contributed by atoms with Crippen LogP contribution >= 0.6 is 0 Å². The maximum Gasteiger partial charge on any atom is 0.224 e. The SMILES string of the molecule is O=C(Cc1cccc(F)c1)NCC(c1cccc(F)c1)N1CCOCC1. The number of nitrogens with one attached hydrogen (secondary N) is 1. The molecular weight excluding hydrogens is 338 g/mol. The largest absolute Gasteiger partial charge is 0.379 e. The molecule has 6 heteroatoms. The molecule has 0 aromatic heterocycles. The number of nitrogens with zero attached hydrogens (tertiary/aromatic N) is 1. The normalized spacial score (nSPS) is 16.2. The van der Waals surface area contributed by atoms with Gasteiger partial charge in [0.15, 0.2) is 0 Å². The van der Waals surface area contributed by atoms with E-state index in [4.69, 9.17) is 4.74 Å². The van der Waals surface area contributed by atoms with Crippen LogP contribution in [0, 0.1) is 11.6 Å². The number of halogens is 2. The van der Waals surface area contributed by atoms with Gasteiger partial charge in [-0.3, -0.25) is 9.69 Å². The summed E-state index contributed by atoms with van der Waals surface area (Å²) >= 11 is 0. The van der Waals surface area contributed by atoms with E-state index >= 15 is 0 Å². The van der Waals surface area contributed by atoms with E-state index in [2.05, 4.69) is 10.2 Å². The molecule has 138 valence electrons. The summed E-state index contributed by atoms with van der Waals surface area (Å²) in [6.45, 7) is 3.03. The molecule has 1 saturated heterocycles. The number of ether oxygens (including phenoxy) is 1. The van der Waals surface area contributed by atoms with E-state index in [1.807, 2.05) is 6.07 Å². The molecule has 0 radical (unpaired) electrons. The number of hydrogen-bond donors (Lipinski definition) is 1. The lowest BCUT2D eigenvalue weighted by atomic mass is 10.0. The summed E-state index contributed by atoms with van der Waals surface area (Å²) in [6, 6.07) is 12.3. The lowest BCUT2D eigenvalue weighted by Crippen LogP contribution is -2.44. The highest BCUT2D eigenvalue weighted by atomic mass is 19.1. The third-order valence-corrected chi connectivity index (χ3v) is 4.47. The second-order valence-electron chi connectivity index (χ2n) is 6.33. The first-order chi connectivity index (χ1) is 12.6. The Morgan fingerprint density at radius 3 is 2.46 bits per heavy atom. The van der Waals surface area contributed by atoms with E-state index in [-0.39, 0.29) is 30.0 Å². The van der Waals surface area contributed by atoms with Crippen molar-refractivity contribution < 1.29 is 18.3 Å². The van der Waals surface area contributed by atoms with Gasteiger partial charge in [-0.25, -0.2) is 8.78 Å². The second-order valence-corrected chi connectivity index (χ2v) is 6.33. The molecule has 1 heterocycles. The Kier molecular flexibility index (Phi) is 6.30. The third kappa shape index (κ3) is 5.09. The summed E-state index contributed by atoms with van der Waals surface area (Å²) < 4.78 is 32.3. The molecule has 0 bridgehead atoms. The summed E-state index contributed by atoms with van der Waals surface area (Å²) in [5, 5.41) is 2.90. The molecule has 1 amide bonds. The van der Waals surface area contributed by atoms with Gasteiger partial charge in [-0.15, -0.1) is 0 Å². The number of benzene rings is 2. The highest BCUT2D eigenvalue weighted by molar-refractivity contribution is 5.78. The molecule has 0 saturated carbocycles. The van der Waals surface area contributed by atoms with Crippen molar-refractivity contribution in [2.75, 3.05) is 32.8 Å². The fourth-order valence-electron chi connectivity index (χ4n) is 3.17. The standard InChI is InChI=1S/C20H22F2N2O2/c21-17-5-1-3-15(11-17)12-20(25)23-14-19(24-7-9-26-10-8-24)16-4-2-6-18(22)13-16/h1-6,11,13,19H,7-10,12,14H2,(H,23,25). The van der Waals surface area contributed by atoms with Crippen molar-refractivity contribution in [3.63, 3.8) is 0 Å². The van der Waals surface area contributed by atoms with Crippen molar-refractivity contribution in [3.05, 3.63) is 71.3 Å². The summed E-state index contributed by atoms with van der Waals surface area (Å²) in [5.74, 6) is -0.849. The van der Waals surface area contributed by atoms with Crippen LogP contribution in [0.2, 0.25) is 0 Å². The maximum atomic E-state index is 13.7. The Bertz CT molecular complexity index is 748. The summed E-state index contributed by atoms with van der Waals surface area (Å²) in [4.78, 5) is 14.4. The van der Waals surface area contributed by atoms with Crippen LogP contribution in [0.1, 0.15) is 17.2 Å². The van der Waals surface area contributed by atoms with Crippen LogP contribution in [0.4, 0.5) is 8.78 Å². The van der Waals surface area contributed by atoms with Gasteiger partial charge in [-0.05, 0) is 35.4 Å². The monoisotopic (exact) mass is 360 g/mol. The molecule has 1 unspecified atom stereocenters. The van der Waals surface area contributed by atoms with Crippen LogP contribution in [0.25, 0.3) is 0 Å². The van der Waals surface area contributed by atoms with Crippen molar-refractivity contribution >= 4 is 5.91 Å². The van der Waals surface area contributed by atoms with E-state index in [1.54, 1.807) is 18.2 Å². The number of carbonyl (C=O) groups excluding carboxylic acids is 1. The summed E-state index contributed by atoms with van der Waals surface area (Å²) in [5.41, 5.74) is 1.44. The zero-order valence-electron chi connectivity index (χ0n) is 14.5. The van der Waals surface area contributed by atoms with Crippen LogP contribution in [0.3, 0.4) is 0 Å². The zero-order chi connectivity index (χ0) is 18.4. The van der Waals surface area contributed by atoms with E-state index in [0.717, 1.165) is 18.7 Å². The van der Waals surface area contributed by atoms with Crippen LogP contribution in [0.5, 0.6) is 0 Å². The van der Waals surface area contributed by atoms with Gasteiger partial charge in [0.1, 0.15) is 11.6 Å². The second kappa shape index (κ2) is 8.87. The Hall–Kier alpha value is -2.31. The molecule has 2 aromatic rings. The number of carbonyl (C=O) groups is 1. The average molecular weight is 360 g/mol. The highest BCUT2D eigenvalue weighted by Gasteiger charge is 2.23. The Balaban J connectivity index is 1.66. The van der Waals surface area contributed by atoms with Gasteiger partial charge in [-0.1, -0.05) is 24.3 Å². The fourth-order valence-corrected chi connectivity index (χ4v) is 3.17. The predicted molar refractivity (Wildman–Crippen MR) is 94.6 cm³/mol. The number of morpholine rings is 1. The van der Waals surface area contributed by atoms with Crippen molar-refractivity contribution in [1.29, 1.82) is 0 Å². The van der Waals surface area contributed by atoms with Gasteiger partial charge >= 0.3 is 0 Å². The lowest BCUT2D eigenvalue weighted by molar-refractivity contribution is -0.120. The Morgan fingerprint density at radius 2 is 1.77 bits per heavy atom. The topological polar surface area (TPSA) is 41.6 Å². The molecule has 2 aromatic carbocycles. The zero-order valence-corrected chi connectivity index (χ0v) is 14.5. The van der Waals surface area contributed by atoms with Gasteiger partial charge in [0.2, 0.25) is 5.91 Å². The molecule has 0 aliphatic carbocycles. The Labute approximate surface area is 151 Å². The smallest absolute Gasteiger partial charge is 0.224 e. The number of rotatable bonds is 6. The predicted octanol–water partition coefficient (Wildman–Crippen LogP) is 2.70. The van der Waals surface area contributed by atoms with Gasteiger partial charge in [-0.2, -0.15) is 0 Å². The van der Waals surface area contributed by atoms with Gasteiger partial charge in [0, 0.05) is 19.6 Å². The quantitative estimate of drug-likeness (QED) is 0.861. The van der Waals surface area contributed by atoms with Crippen molar-refractivity contribution in [3.8, 4) is 0 Å². The molecule has 1 fully saturated rings. The fraction of sp³-hybridized carbons (Fsp3) is 0.350. The van der Waals surface area contributed by atoms with Crippen LogP contribution in [-0.2, 0) is 16.0 Å². The summed E-state index contributed by atoms with van der Waals surface area (Å²) in [6.07, 6.45) is 0.108. The van der Waals surface area contributed by atoms with Crippen molar-refractivity contribution in [2.24, 2.45) is 0 Å². The maximum absolute atomic E-state index is 13.7.